The van der Waals surface area contributed by atoms with Crippen LogP contribution < -0.4 is 4.74 Å². The largest absolute Gasteiger partial charge is 0.497 e. The zero-order valence-electron chi connectivity index (χ0n) is 9.32. The summed E-state index contributed by atoms with van der Waals surface area (Å²) in [4.78, 5) is 8.98. The Morgan fingerprint density at radius 2 is 2.19 bits per heavy atom. The number of dihydropyridines is 1. The lowest BCUT2D eigenvalue weighted by Gasteiger charge is -2.09. The second kappa shape index (κ2) is 3.30. The number of nitrogens with zero attached hydrogens (tertiary/aromatic N) is 2. The molecule has 2 aliphatic rings. The van der Waals surface area contributed by atoms with Crippen LogP contribution in [0.25, 0.3) is 5.57 Å². The minimum absolute atomic E-state index is 0.756. The van der Waals surface area contributed by atoms with E-state index in [1.54, 1.807) is 7.11 Å². The van der Waals surface area contributed by atoms with Gasteiger partial charge in [0.15, 0.2) is 0 Å². The average Bonchev–Trinajstić information content (AvgIpc) is 2.68. The summed E-state index contributed by atoms with van der Waals surface area (Å²) in [5, 5.41) is 0. The Balaban J connectivity index is 2.16. The molecule has 0 N–H and O–H groups in total. The molecular formula is C13H12N2O. The van der Waals surface area contributed by atoms with Gasteiger partial charge in [-0.25, -0.2) is 4.99 Å². The van der Waals surface area contributed by atoms with E-state index in [1.807, 2.05) is 19.1 Å². The van der Waals surface area contributed by atoms with Gasteiger partial charge in [-0.1, -0.05) is 6.08 Å². The molecule has 0 saturated carbocycles. The van der Waals surface area contributed by atoms with E-state index in [9.17, 15) is 0 Å². The highest BCUT2D eigenvalue weighted by molar-refractivity contribution is 6.60. The molecule has 0 fully saturated rings. The summed E-state index contributed by atoms with van der Waals surface area (Å²) >= 11 is 0. The molecule has 1 aromatic carbocycles. The van der Waals surface area contributed by atoms with Crippen molar-refractivity contribution in [1.82, 2.24) is 0 Å². The third-order valence-electron chi connectivity index (χ3n) is 2.95. The SMILES string of the molecule is COc1ccc2c(c1)N=C1C2=CCN=C1C. The van der Waals surface area contributed by atoms with E-state index >= 15 is 0 Å². The van der Waals surface area contributed by atoms with E-state index < -0.39 is 0 Å². The summed E-state index contributed by atoms with van der Waals surface area (Å²) in [6.45, 7) is 2.76. The van der Waals surface area contributed by atoms with Crippen molar-refractivity contribution in [3.05, 3.63) is 29.8 Å². The zero-order valence-corrected chi connectivity index (χ0v) is 9.32. The van der Waals surface area contributed by atoms with E-state index in [4.69, 9.17) is 4.74 Å². The van der Waals surface area contributed by atoms with E-state index in [0.717, 1.165) is 29.4 Å². The van der Waals surface area contributed by atoms with Crippen LogP contribution in [-0.4, -0.2) is 25.1 Å². The molecule has 2 heterocycles. The van der Waals surface area contributed by atoms with E-state index in [2.05, 4.69) is 22.1 Å². The van der Waals surface area contributed by atoms with Crippen LogP contribution in [0.4, 0.5) is 5.69 Å². The van der Waals surface area contributed by atoms with Gasteiger partial charge in [-0.2, -0.15) is 0 Å². The van der Waals surface area contributed by atoms with Gasteiger partial charge in [0, 0.05) is 17.2 Å². The van der Waals surface area contributed by atoms with Gasteiger partial charge >= 0.3 is 0 Å². The highest BCUT2D eigenvalue weighted by Gasteiger charge is 2.24. The monoisotopic (exact) mass is 212 g/mol. The van der Waals surface area contributed by atoms with Crippen molar-refractivity contribution in [1.29, 1.82) is 0 Å². The summed E-state index contributed by atoms with van der Waals surface area (Å²) in [6, 6.07) is 6.00. The summed E-state index contributed by atoms with van der Waals surface area (Å²) in [5.74, 6) is 0.844. The molecule has 0 aliphatic carbocycles. The minimum Gasteiger partial charge on any atom is -0.497 e. The first-order valence-corrected chi connectivity index (χ1v) is 5.28. The van der Waals surface area contributed by atoms with Gasteiger partial charge in [0.05, 0.1) is 30.8 Å². The number of methoxy groups -OCH3 is 1. The predicted molar refractivity (Wildman–Crippen MR) is 66.0 cm³/mol. The van der Waals surface area contributed by atoms with Crippen molar-refractivity contribution >= 4 is 22.7 Å². The minimum atomic E-state index is 0.756. The first kappa shape index (κ1) is 9.33. The van der Waals surface area contributed by atoms with Crippen molar-refractivity contribution in [3.8, 4) is 5.75 Å². The Morgan fingerprint density at radius 3 is 3.00 bits per heavy atom. The molecule has 80 valence electrons. The van der Waals surface area contributed by atoms with Crippen LogP contribution in [0.2, 0.25) is 0 Å². The molecule has 0 bridgehead atoms. The summed E-state index contributed by atoms with van der Waals surface area (Å²) in [6.07, 6.45) is 2.13. The highest BCUT2D eigenvalue weighted by atomic mass is 16.5. The molecule has 0 amide bonds. The number of benzene rings is 1. The maximum absolute atomic E-state index is 5.20. The van der Waals surface area contributed by atoms with Crippen LogP contribution in [0.5, 0.6) is 5.75 Å². The van der Waals surface area contributed by atoms with Crippen LogP contribution in [0, 0.1) is 0 Å². The van der Waals surface area contributed by atoms with Crippen LogP contribution in [0.1, 0.15) is 12.5 Å². The number of ether oxygens (including phenoxy) is 1. The number of aliphatic imine (C=N–C) groups is 2. The third kappa shape index (κ3) is 1.21. The van der Waals surface area contributed by atoms with Gasteiger partial charge in [0.25, 0.3) is 0 Å². The zero-order chi connectivity index (χ0) is 11.1. The Kier molecular flexibility index (Phi) is 1.93. The van der Waals surface area contributed by atoms with Gasteiger partial charge in [0.1, 0.15) is 5.75 Å². The second-order valence-corrected chi connectivity index (χ2v) is 3.89. The van der Waals surface area contributed by atoms with Crippen LogP contribution in [0.15, 0.2) is 34.3 Å². The molecule has 3 heteroatoms. The molecule has 0 saturated heterocycles. The first-order valence-electron chi connectivity index (χ1n) is 5.28. The standard InChI is InChI=1S/C13H12N2O/c1-8-13-11(5-6-14-8)10-4-3-9(16-2)7-12(10)15-13/h3-5,7H,6H2,1-2H3. The van der Waals surface area contributed by atoms with E-state index in [1.165, 1.54) is 11.1 Å². The van der Waals surface area contributed by atoms with Crippen LogP contribution >= 0.6 is 0 Å². The second-order valence-electron chi connectivity index (χ2n) is 3.89. The first-order chi connectivity index (χ1) is 7.79. The molecule has 0 unspecified atom stereocenters. The van der Waals surface area contributed by atoms with Crippen LogP contribution in [-0.2, 0) is 0 Å². The van der Waals surface area contributed by atoms with Gasteiger partial charge < -0.3 is 4.74 Å². The molecule has 1 aromatic rings. The van der Waals surface area contributed by atoms with E-state index in [0.29, 0.717) is 0 Å². The number of hydrogen-bond acceptors (Lipinski definition) is 3. The molecule has 3 nitrogen and oxygen atoms in total. The molecule has 0 aromatic heterocycles. The van der Waals surface area contributed by atoms with Crippen molar-refractivity contribution in [2.75, 3.05) is 13.7 Å². The molecule has 16 heavy (non-hydrogen) atoms. The molecule has 2 aliphatic heterocycles. The van der Waals surface area contributed by atoms with Crippen molar-refractivity contribution in [3.63, 3.8) is 0 Å². The molecule has 0 spiro atoms. The number of rotatable bonds is 1. The lowest BCUT2D eigenvalue weighted by atomic mass is 9.98. The summed E-state index contributed by atoms with van der Waals surface area (Å²) in [5.41, 5.74) is 5.41. The maximum Gasteiger partial charge on any atom is 0.121 e. The molecular weight excluding hydrogens is 200 g/mol. The highest BCUT2D eigenvalue weighted by Crippen LogP contribution is 2.38. The van der Waals surface area contributed by atoms with Gasteiger partial charge in [-0.15, -0.1) is 0 Å². The molecule has 0 atom stereocenters. The number of hydrogen-bond donors (Lipinski definition) is 0. The Bertz CT molecular complexity index is 553. The number of allylic oxidation sites excluding steroid dienone is 1. The quantitative estimate of drug-likeness (QED) is 0.704. The Hall–Kier alpha value is -1.90. The normalized spacial score (nSPS) is 17.0. The van der Waals surface area contributed by atoms with Gasteiger partial charge in [-0.3, -0.25) is 4.99 Å². The smallest absolute Gasteiger partial charge is 0.121 e. The van der Waals surface area contributed by atoms with Gasteiger partial charge in [-0.05, 0) is 19.1 Å². The third-order valence-corrected chi connectivity index (χ3v) is 2.95. The fourth-order valence-corrected chi connectivity index (χ4v) is 2.10. The summed E-state index contributed by atoms with van der Waals surface area (Å²) in [7, 11) is 1.67. The Labute approximate surface area is 94.2 Å². The van der Waals surface area contributed by atoms with Crippen molar-refractivity contribution in [2.45, 2.75) is 6.92 Å². The summed E-state index contributed by atoms with van der Waals surface area (Å²) < 4.78 is 5.20. The molecule has 3 rings (SSSR count). The molecule has 0 radical (unpaired) electrons. The predicted octanol–water partition coefficient (Wildman–Crippen LogP) is 2.64. The van der Waals surface area contributed by atoms with Crippen molar-refractivity contribution in [2.24, 2.45) is 9.98 Å². The lowest BCUT2D eigenvalue weighted by Crippen LogP contribution is -2.13. The number of fused-ring (bicyclic) bond motifs is 3. The lowest BCUT2D eigenvalue weighted by molar-refractivity contribution is 0.415. The fraction of sp³-hybridized carbons (Fsp3) is 0.231. The van der Waals surface area contributed by atoms with Crippen molar-refractivity contribution < 1.29 is 4.74 Å². The van der Waals surface area contributed by atoms with Crippen LogP contribution in [0.3, 0.4) is 0 Å². The maximum atomic E-state index is 5.20. The van der Waals surface area contributed by atoms with Gasteiger partial charge in [0.2, 0.25) is 0 Å². The Morgan fingerprint density at radius 1 is 1.31 bits per heavy atom. The topological polar surface area (TPSA) is 34.0 Å². The fourth-order valence-electron chi connectivity index (χ4n) is 2.10. The average molecular weight is 212 g/mol. The van der Waals surface area contributed by atoms with E-state index in [-0.39, 0.29) is 0 Å².